The summed E-state index contributed by atoms with van der Waals surface area (Å²) in [6.07, 6.45) is 6.26. The maximum Gasteiger partial charge on any atom is -0.0129 e. The van der Waals surface area contributed by atoms with Crippen LogP contribution in [-0.4, -0.2) is 0 Å². The zero-order valence-corrected chi connectivity index (χ0v) is 15.7. The third-order valence-corrected chi connectivity index (χ3v) is 4.98. The Morgan fingerprint density at radius 3 is 2.09 bits per heavy atom. The summed E-state index contributed by atoms with van der Waals surface area (Å²) in [5.41, 5.74) is 6.19. The molecule has 0 heterocycles. The second-order valence-corrected chi connectivity index (χ2v) is 9.31. The van der Waals surface area contributed by atoms with Crippen LogP contribution in [0.2, 0.25) is 0 Å². The maximum atomic E-state index is 4.12. The second-order valence-electron chi connectivity index (χ2n) is 9.31. The van der Waals surface area contributed by atoms with Crippen molar-refractivity contribution in [2.24, 2.45) is 5.92 Å². The highest BCUT2D eigenvalue weighted by molar-refractivity contribution is 5.59. The Morgan fingerprint density at radius 1 is 1.09 bits per heavy atom. The van der Waals surface area contributed by atoms with E-state index in [2.05, 4.69) is 73.3 Å². The minimum Gasteiger partial charge on any atom is -0.0985 e. The number of hydrogen-bond acceptors (Lipinski definition) is 0. The first kappa shape index (κ1) is 17.3. The summed E-state index contributed by atoms with van der Waals surface area (Å²) in [6.45, 7) is 20.5. The van der Waals surface area contributed by atoms with Crippen LogP contribution in [0.3, 0.4) is 0 Å². The highest BCUT2D eigenvalue weighted by Crippen LogP contribution is 2.43. The van der Waals surface area contributed by atoms with Gasteiger partial charge in [-0.05, 0) is 51.3 Å². The molecule has 1 saturated carbocycles. The van der Waals surface area contributed by atoms with Gasteiger partial charge in [0.05, 0.1) is 0 Å². The molecule has 122 valence electrons. The van der Waals surface area contributed by atoms with Crippen LogP contribution in [0.25, 0.3) is 6.08 Å². The van der Waals surface area contributed by atoms with Gasteiger partial charge in [0.15, 0.2) is 0 Å². The van der Waals surface area contributed by atoms with Crippen LogP contribution in [0.4, 0.5) is 0 Å². The van der Waals surface area contributed by atoms with Crippen LogP contribution >= 0.6 is 0 Å². The molecule has 0 aromatic heterocycles. The Morgan fingerprint density at radius 2 is 1.68 bits per heavy atom. The van der Waals surface area contributed by atoms with Gasteiger partial charge in [0.25, 0.3) is 0 Å². The first-order valence-corrected chi connectivity index (χ1v) is 8.85. The van der Waals surface area contributed by atoms with Gasteiger partial charge in [-0.1, -0.05) is 86.1 Å². The van der Waals surface area contributed by atoms with Crippen molar-refractivity contribution >= 4 is 6.08 Å². The molecule has 0 bridgehead atoms. The molecule has 0 spiro atoms. The Kier molecular flexibility index (Phi) is 4.62. The summed E-state index contributed by atoms with van der Waals surface area (Å²) in [5, 5.41) is 0. The molecule has 0 radical (unpaired) electrons. The molecule has 1 aliphatic carbocycles. The van der Waals surface area contributed by atoms with E-state index in [1.807, 2.05) is 0 Å². The molecule has 1 aromatic carbocycles. The molecular formula is C22H34. The fourth-order valence-electron chi connectivity index (χ4n) is 3.42. The number of hydrogen-bond donors (Lipinski definition) is 0. The molecular weight excluding hydrogens is 264 g/mol. The predicted octanol–water partition coefficient (Wildman–Crippen LogP) is 6.83. The van der Waals surface area contributed by atoms with Crippen molar-refractivity contribution in [3.63, 3.8) is 0 Å². The first-order valence-electron chi connectivity index (χ1n) is 8.85. The van der Waals surface area contributed by atoms with Crippen LogP contribution in [0, 0.1) is 5.92 Å². The molecule has 1 unspecified atom stereocenters. The van der Waals surface area contributed by atoms with E-state index in [4.69, 9.17) is 0 Å². The van der Waals surface area contributed by atoms with Crippen molar-refractivity contribution < 1.29 is 0 Å². The number of benzene rings is 1. The zero-order valence-electron chi connectivity index (χ0n) is 15.7. The molecule has 22 heavy (non-hydrogen) atoms. The van der Waals surface area contributed by atoms with Crippen LogP contribution in [-0.2, 0) is 10.8 Å². The van der Waals surface area contributed by atoms with Crippen molar-refractivity contribution in [1.29, 1.82) is 0 Å². The van der Waals surface area contributed by atoms with E-state index in [1.54, 1.807) is 5.56 Å². The van der Waals surface area contributed by atoms with Crippen molar-refractivity contribution in [3.05, 3.63) is 41.0 Å². The van der Waals surface area contributed by atoms with Crippen LogP contribution < -0.4 is 0 Å². The smallest absolute Gasteiger partial charge is 0.0129 e. The Balaban J connectivity index is 2.60. The maximum absolute atomic E-state index is 4.12. The van der Waals surface area contributed by atoms with Crippen molar-refractivity contribution in [2.45, 2.75) is 84.5 Å². The lowest BCUT2D eigenvalue weighted by atomic mass is 9.73. The minimum atomic E-state index is 0.173. The molecule has 0 saturated heterocycles. The van der Waals surface area contributed by atoms with Gasteiger partial charge in [0.2, 0.25) is 0 Å². The summed E-state index contributed by atoms with van der Waals surface area (Å²) in [4.78, 5) is 0. The summed E-state index contributed by atoms with van der Waals surface area (Å²) in [7, 11) is 0. The molecule has 1 fully saturated rings. The quantitative estimate of drug-likeness (QED) is 0.571. The fourth-order valence-corrected chi connectivity index (χ4v) is 3.42. The van der Waals surface area contributed by atoms with Crippen LogP contribution in [0.15, 0.2) is 18.7 Å². The highest BCUT2D eigenvalue weighted by Gasteiger charge is 2.30. The zero-order chi connectivity index (χ0) is 16.7. The highest BCUT2D eigenvalue weighted by atomic mass is 14.3. The van der Waals surface area contributed by atoms with Gasteiger partial charge < -0.3 is 0 Å². The predicted molar refractivity (Wildman–Crippen MR) is 99.7 cm³/mol. The normalized spacial score (nSPS) is 17.4. The first-order chi connectivity index (χ1) is 10.0. The molecule has 0 amide bonds. The third kappa shape index (κ3) is 3.83. The fraction of sp³-hybridized carbons (Fsp3) is 0.636. The van der Waals surface area contributed by atoms with Gasteiger partial charge in [-0.3, -0.25) is 0 Å². The second kappa shape index (κ2) is 5.87. The Hall–Kier alpha value is -1.04. The van der Waals surface area contributed by atoms with E-state index >= 15 is 0 Å². The van der Waals surface area contributed by atoms with Crippen LogP contribution in [0.5, 0.6) is 0 Å². The van der Waals surface area contributed by atoms with E-state index < -0.39 is 0 Å². The molecule has 1 atom stereocenters. The summed E-state index contributed by atoms with van der Waals surface area (Å²) in [5.74, 6) is 1.59. The molecule has 0 aliphatic heterocycles. The molecule has 1 aliphatic rings. The van der Waals surface area contributed by atoms with Crippen molar-refractivity contribution in [2.75, 3.05) is 0 Å². The summed E-state index contributed by atoms with van der Waals surface area (Å²) in [6, 6.07) is 4.84. The standard InChI is InChI=1S/C22H34/c1-9-17-13-18(21(3,4)5)14-19(22(6,7)8)20(17)15(2)12-16-10-11-16/h9,13-16H,1,10-12H2,2-8H3. The van der Waals surface area contributed by atoms with Gasteiger partial charge in [0, 0.05) is 0 Å². The monoisotopic (exact) mass is 298 g/mol. The Labute approximate surface area is 138 Å². The van der Waals surface area contributed by atoms with E-state index in [1.165, 1.54) is 36.0 Å². The van der Waals surface area contributed by atoms with Crippen molar-refractivity contribution in [1.82, 2.24) is 0 Å². The third-order valence-electron chi connectivity index (χ3n) is 4.98. The molecule has 0 nitrogen and oxygen atoms in total. The lowest BCUT2D eigenvalue weighted by Crippen LogP contribution is -2.20. The average molecular weight is 299 g/mol. The topological polar surface area (TPSA) is 0 Å². The Bertz CT molecular complexity index is 545. The molecule has 1 aromatic rings. The lowest BCUT2D eigenvalue weighted by Gasteiger charge is -2.31. The SMILES string of the molecule is C=Cc1cc(C(C)(C)C)cc(C(C)(C)C)c1C(C)CC1CC1. The number of rotatable bonds is 4. The molecule has 0 heteroatoms. The van der Waals surface area contributed by atoms with Crippen LogP contribution in [0.1, 0.15) is 95.9 Å². The lowest BCUT2D eigenvalue weighted by molar-refractivity contribution is 0.543. The summed E-state index contributed by atoms with van der Waals surface area (Å²) < 4.78 is 0. The van der Waals surface area contributed by atoms with Gasteiger partial charge in [-0.25, -0.2) is 0 Å². The minimum absolute atomic E-state index is 0.173. The van der Waals surface area contributed by atoms with Gasteiger partial charge in [-0.2, -0.15) is 0 Å². The summed E-state index contributed by atoms with van der Waals surface area (Å²) >= 11 is 0. The van der Waals surface area contributed by atoms with Gasteiger partial charge in [-0.15, -0.1) is 0 Å². The van der Waals surface area contributed by atoms with Gasteiger partial charge in [0.1, 0.15) is 0 Å². The molecule has 2 rings (SSSR count). The van der Waals surface area contributed by atoms with E-state index in [-0.39, 0.29) is 10.8 Å². The average Bonchev–Trinajstić information content (AvgIpc) is 3.18. The van der Waals surface area contributed by atoms with E-state index in [9.17, 15) is 0 Å². The largest absolute Gasteiger partial charge is 0.0985 e. The van der Waals surface area contributed by atoms with Crippen molar-refractivity contribution in [3.8, 4) is 0 Å². The van der Waals surface area contributed by atoms with Gasteiger partial charge >= 0.3 is 0 Å². The van der Waals surface area contributed by atoms with E-state index in [0.29, 0.717) is 5.92 Å². The van der Waals surface area contributed by atoms with E-state index in [0.717, 1.165) is 5.92 Å². The molecule has 0 N–H and O–H groups in total.